The Hall–Kier alpha value is -5.39. The van der Waals surface area contributed by atoms with Gasteiger partial charge in [0.25, 0.3) is 0 Å². The molecule has 3 N–H and O–H groups in total. The highest BCUT2D eigenvalue weighted by molar-refractivity contribution is 5.96. The fourth-order valence-corrected chi connectivity index (χ4v) is 6.58. The average Bonchev–Trinajstić information content (AvgIpc) is 3.68. The number of carbonyl (C=O) groups is 4. The third kappa shape index (κ3) is 8.72. The standard InChI is InChI=1S/C40H48N4O8/c1-7-9-10-14-17-30(42-38(49)52-39(3,4)5)36(46)44-24-28(21-33(44)35(45)43-40(37(47)48)23-26(40)8-2)51-34-22-31(25-15-12-11-13-16-25)41-32-20-27(50-6)18-19-29(32)34/h7-8,11-13,15-16,18-20,22,26,28,30,33H,1-2,9-10,14,17,21,23-24H2,3-6H3,(H,42,49)(H,43,45)(H,47,48)/t26-,28-,30+,33+,40-/m1/s1. The number of aliphatic carboxylic acids is 1. The highest BCUT2D eigenvalue weighted by Crippen LogP contribution is 2.45. The van der Waals surface area contributed by atoms with Crippen LogP contribution in [0.3, 0.4) is 0 Å². The minimum atomic E-state index is -1.50. The Morgan fingerprint density at radius 2 is 1.85 bits per heavy atom. The number of allylic oxidation sites excluding steroid dienone is 1. The summed E-state index contributed by atoms with van der Waals surface area (Å²) < 4.78 is 17.6. The molecule has 1 saturated heterocycles. The molecule has 0 bridgehead atoms. The lowest BCUT2D eigenvalue weighted by atomic mass is 10.1. The first-order chi connectivity index (χ1) is 24.8. The van der Waals surface area contributed by atoms with Crippen molar-refractivity contribution in [2.45, 2.75) is 88.6 Å². The highest BCUT2D eigenvalue weighted by atomic mass is 16.6. The number of methoxy groups -OCH3 is 1. The van der Waals surface area contributed by atoms with Gasteiger partial charge in [0.1, 0.15) is 40.8 Å². The quantitative estimate of drug-likeness (QED) is 0.126. The van der Waals surface area contributed by atoms with Gasteiger partial charge in [0.15, 0.2) is 0 Å². The number of nitrogens with one attached hydrogen (secondary N) is 2. The van der Waals surface area contributed by atoms with Gasteiger partial charge in [-0.3, -0.25) is 9.59 Å². The molecule has 52 heavy (non-hydrogen) atoms. The first-order valence-electron chi connectivity index (χ1n) is 17.6. The van der Waals surface area contributed by atoms with E-state index in [2.05, 4.69) is 23.8 Å². The van der Waals surface area contributed by atoms with Crippen LogP contribution in [0.15, 0.2) is 79.9 Å². The fourth-order valence-electron chi connectivity index (χ4n) is 6.58. The zero-order valence-electron chi connectivity index (χ0n) is 30.2. The number of unbranched alkanes of at least 4 members (excludes halogenated alkanes) is 2. The Balaban J connectivity index is 1.48. The second-order valence-corrected chi connectivity index (χ2v) is 14.3. The van der Waals surface area contributed by atoms with Crippen molar-refractivity contribution in [3.05, 3.63) is 79.9 Å². The van der Waals surface area contributed by atoms with Crippen molar-refractivity contribution in [1.82, 2.24) is 20.5 Å². The Labute approximate surface area is 304 Å². The number of carboxylic acids is 1. The molecule has 1 aliphatic carbocycles. The van der Waals surface area contributed by atoms with E-state index in [1.165, 1.54) is 11.0 Å². The predicted molar refractivity (Wildman–Crippen MR) is 197 cm³/mol. The number of fused-ring (bicyclic) bond motifs is 1. The third-order valence-corrected chi connectivity index (χ3v) is 9.36. The van der Waals surface area contributed by atoms with Crippen LogP contribution in [0.5, 0.6) is 11.5 Å². The lowest BCUT2D eigenvalue weighted by molar-refractivity contribution is -0.145. The summed E-state index contributed by atoms with van der Waals surface area (Å²) in [5.74, 6) is -1.63. The van der Waals surface area contributed by atoms with E-state index in [0.29, 0.717) is 34.5 Å². The number of carboxylic acid groups (broad SMARTS) is 1. The molecule has 1 saturated carbocycles. The van der Waals surface area contributed by atoms with E-state index in [-0.39, 0.29) is 25.8 Å². The van der Waals surface area contributed by atoms with Gasteiger partial charge in [-0.25, -0.2) is 14.6 Å². The average molecular weight is 713 g/mol. The molecule has 12 nitrogen and oxygen atoms in total. The summed E-state index contributed by atoms with van der Waals surface area (Å²) in [6, 6.07) is 14.8. The lowest BCUT2D eigenvalue weighted by Crippen LogP contribution is -2.56. The molecular weight excluding hydrogens is 664 g/mol. The second kappa shape index (κ2) is 15.9. The number of hydrogen-bond acceptors (Lipinski definition) is 8. The number of aromatic nitrogens is 1. The van der Waals surface area contributed by atoms with Crippen LogP contribution in [-0.2, 0) is 19.1 Å². The molecule has 12 heteroatoms. The Bertz CT molecular complexity index is 1820. The van der Waals surface area contributed by atoms with E-state index in [4.69, 9.17) is 19.2 Å². The van der Waals surface area contributed by atoms with Crippen molar-refractivity contribution in [2.24, 2.45) is 5.92 Å². The molecular formula is C40H48N4O8. The maximum atomic E-state index is 14.4. The summed E-state index contributed by atoms with van der Waals surface area (Å²) in [7, 11) is 1.58. The molecule has 1 aromatic heterocycles. The van der Waals surface area contributed by atoms with E-state index < -0.39 is 59.1 Å². The van der Waals surface area contributed by atoms with Crippen LogP contribution in [0.25, 0.3) is 22.2 Å². The van der Waals surface area contributed by atoms with Crippen LogP contribution in [0.4, 0.5) is 4.79 Å². The molecule has 2 aromatic carbocycles. The van der Waals surface area contributed by atoms with E-state index in [1.54, 1.807) is 40.0 Å². The Kier molecular flexibility index (Phi) is 11.6. The summed E-state index contributed by atoms with van der Waals surface area (Å²) in [6.07, 6.45) is 4.49. The maximum Gasteiger partial charge on any atom is 0.408 e. The minimum Gasteiger partial charge on any atom is -0.497 e. The molecule has 3 amide bonds. The molecule has 0 radical (unpaired) electrons. The summed E-state index contributed by atoms with van der Waals surface area (Å²) in [5.41, 5.74) is -0.154. The van der Waals surface area contributed by atoms with Crippen LogP contribution >= 0.6 is 0 Å². The third-order valence-electron chi connectivity index (χ3n) is 9.36. The maximum absolute atomic E-state index is 14.4. The monoisotopic (exact) mass is 712 g/mol. The highest BCUT2D eigenvalue weighted by Gasteiger charge is 2.61. The molecule has 3 aromatic rings. The van der Waals surface area contributed by atoms with Gasteiger partial charge in [0.2, 0.25) is 11.8 Å². The minimum absolute atomic E-state index is 0.00166. The number of pyridine rings is 1. The van der Waals surface area contributed by atoms with E-state index >= 15 is 0 Å². The largest absolute Gasteiger partial charge is 0.497 e. The van der Waals surface area contributed by atoms with Crippen molar-refractivity contribution in [3.63, 3.8) is 0 Å². The summed E-state index contributed by atoms with van der Waals surface area (Å²) in [5, 5.41) is 16.2. The number of likely N-dealkylation sites (tertiary alicyclic amines) is 1. The molecule has 1 aliphatic heterocycles. The Morgan fingerprint density at radius 3 is 2.48 bits per heavy atom. The van der Waals surface area contributed by atoms with Crippen LogP contribution in [0.2, 0.25) is 0 Å². The van der Waals surface area contributed by atoms with Crippen molar-refractivity contribution >= 4 is 34.8 Å². The van der Waals surface area contributed by atoms with Crippen molar-refractivity contribution < 1.29 is 38.5 Å². The van der Waals surface area contributed by atoms with Gasteiger partial charge in [0.05, 0.1) is 24.9 Å². The van der Waals surface area contributed by atoms with Crippen LogP contribution in [-0.4, -0.2) is 81.8 Å². The van der Waals surface area contributed by atoms with Gasteiger partial charge < -0.3 is 34.9 Å². The number of benzene rings is 2. The molecule has 276 valence electrons. The van der Waals surface area contributed by atoms with Crippen molar-refractivity contribution in [1.29, 1.82) is 0 Å². The van der Waals surface area contributed by atoms with Crippen molar-refractivity contribution in [2.75, 3.05) is 13.7 Å². The normalized spacial score (nSPS) is 21.5. The molecule has 2 heterocycles. The Morgan fingerprint density at radius 1 is 1.10 bits per heavy atom. The van der Waals surface area contributed by atoms with Crippen LogP contribution < -0.4 is 20.1 Å². The van der Waals surface area contributed by atoms with E-state index in [9.17, 15) is 24.3 Å². The SMILES string of the molecule is C=CCCCC[C@H](NC(=O)OC(C)(C)C)C(=O)N1C[C@H](Oc2cc(-c3ccccc3)nc3cc(OC)ccc23)C[C@H]1C(=O)N[C@]1(C(=O)O)C[C@H]1C=C. The molecule has 0 spiro atoms. The van der Waals surface area contributed by atoms with Gasteiger partial charge in [-0.15, -0.1) is 13.2 Å². The molecule has 5 rings (SSSR count). The fraction of sp³-hybridized carbons (Fsp3) is 0.425. The van der Waals surface area contributed by atoms with Gasteiger partial charge in [-0.05, 0) is 58.6 Å². The summed E-state index contributed by atoms with van der Waals surface area (Å²) >= 11 is 0. The topological polar surface area (TPSA) is 156 Å². The van der Waals surface area contributed by atoms with Crippen LogP contribution in [0, 0.1) is 5.92 Å². The zero-order valence-corrected chi connectivity index (χ0v) is 30.2. The van der Waals surface area contributed by atoms with Crippen LogP contribution in [0.1, 0.15) is 59.3 Å². The van der Waals surface area contributed by atoms with E-state index in [1.807, 2.05) is 48.5 Å². The number of rotatable bonds is 15. The molecule has 2 aliphatic rings. The number of alkyl carbamates (subject to hydrolysis) is 1. The van der Waals surface area contributed by atoms with Crippen molar-refractivity contribution in [3.8, 4) is 22.8 Å². The lowest BCUT2D eigenvalue weighted by Gasteiger charge is -2.30. The predicted octanol–water partition coefficient (Wildman–Crippen LogP) is 6.04. The second-order valence-electron chi connectivity index (χ2n) is 14.3. The van der Waals surface area contributed by atoms with Gasteiger partial charge in [-0.2, -0.15) is 0 Å². The molecule has 0 unspecified atom stereocenters. The van der Waals surface area contributed by atoms with E-state index in [0.717, 1.165) is 18.4 Å². The van der Waals surface area contributed by atoms with Gasteiger partial charge >= 0.3 is 12.1 Å². The summed E-state index contributed by atoms with van der Waals surface area (Å²) in [4.78, 5) is 60.0. The number of amides is 3. The first kappa shape index (κ1) is 37.9. The molecule has 2 fully saturated rings. The zero-order chi connectivity index (χ0) is 37.6. The number of hydrogen-bond donors (Lipinski definition) is 3. The number of ether oxygens (including phenoxy) is 3. The molecule has 5 atom stereocenters. The van der Waals surface area contributed by atoms with Gasteiger partial charge in [-0.1, -0.05) is 48.9 Å². The van der Waals surface area contributed by atoms with Gasteiger partial charge in [0, 0.05) is 35.4 Å². The first-order valence-corrected chi connectivity index (χ1v) is 17.6. The number of carbonyl (C=O) groups excluding carboxylic acids is 3. The summed E-state index contributed by atoms with van der Waals surface area (Å²) in [6.45, 7) is 12.7. The number of nitrogens with zero attached hydrogens (tertiary/aromatic N) is 2. The smallest absolute Gasteiger partial charge is 0.408 e.